The molecule has 23 heavy (non-hydrogen) atoms. The maximum atomic E-state index is 12.5. The van der Waals surface area contributed by atoms with E-state index in [2.05, 4.69) is 4.98 Å². The maximum absolute atomic E-state index is 12.5. The van der Waals surface area contributed by atoms with E-state index in [0.717, 1.165) is 17.1 Å². The van der Waals surface area contributed by atoms with Crippen molar-refractivity contribution in [2.24, 2.45) is 5.73 Å². The minimum absolute atomic E-state index is 0.0417. The van der Waals surface area contributed by atoms with Gasteiger partial charge in [-0.1, -0.05) is 0 Å². The lowest BCUT2D eigenvalue weighted by Gasteiger charge is -2.26. The number of nitrogens with zero attached hydrogens (tertiary/aromatic N) is 3. The standard InChI is InChI=1S/C15H24N4O3S/c1-4-22-10(2)13-17-11(9-23-13)8-18(3)14(20)12-6-5-7-19(12)15(16)21/h9-10,12H,4-8H2,1-3H3,(H2,16,21)/t10?,12-/m0/s1. The summed E-state index contributed by atoms with van der Waals surface area (Å²) in [5.74, 6) is -0.0892. The smallest absolute Gasteiger partial charge is 0.315 e. The van der Waals surface area contributed by atoms with Gasteiger partial charge in [0, 0.05) is 25.6 Å². The van der Waals surface area contributed by atoms with Gasteiger partial charge in [-0.05, 0) is 26.7 Å². The van der Waals surface area contributed by atoms with Gasteiger partial charge in [-0.25, -0.2) is 9.78 Å². The van der Waals surface area contributed by atoms with Crippen molar-refractivity contribution in [1.29, 1.82) is 0 Å². The number of likely N-dealkylation sites (tertiary alicyclic amines) is 1. The molecule has 2 heterocycles. The van der Waals surface area contributed by atoms with Gasteiger partial charge in [-0.2, -0.15) is 0 Å². The minimum atomic E-state index is -0.532. The van der Waals surface area contributed by atoms with E-state index in [-0.39, 0.29) is 12.0 Å². The molecule has 0 radical (unpaired) electrons. The number of hydrogen-bond acceptors (Lipinski definition) is 5. The van der Waals surface area contributed by atoms with Crippen LogP contribution in [0.15, 0.2) is 5.38 Å². The van der Waals surface area contributed by atoms with E-state index in [0.29, 0.717) is 26.1 Å². The first-order chi connectivity index (χ1) is 10.9. The Morgan fingerprint density at radius 1 is 1.61 bits per heavy atom. The van der Waals surface area contributed by atoms with E-state index in [1.807, 2.05) is 19.2 Å². The summed E-state index contributed by atoms with van der Waals surface area (Å²) in [7, 11) is 1.73. The molecule has 3 amide bonds. The number of hydrogen-bond donors (Lipinski definition) is 1. The van der Waals surface area contributed by atoms with Crippen LogP contribution in [-0.4, -0.2) is 53.0 Å². The van der Waals surface area contributed by atoms with Gasteiger partial charge < -0.3 is 20.3 Å². The first-order valence-corrected chi connectivity index (χ1v) is 8.69. The van der Waals surface area contributed by atoms with Crippen LogP contribution in [0.5, 0.6) is 0 Å². The Balaban J connectivity index is 1.97. The monoisotopic (exact) mass is 340 g/mol. The molecule has 8 heteroatoms. The molecule has 0 aliphatic carbocycles. The van der Waals surface area contributed by atoms with Gasteiger partial charge in [0.25, 0.3) is 0 Å². The van der Waals surface area contributed by atoms with Crippen molar-refractivity contribution < 1.29 is 14.3 Å². The summed E-state index contributed by atoms with van der Waals surface area (Å²) < 4.78 is 5.52. The van der Waals surface area contributed by atoms with E-state index in [1.165, 1.54) is 16.2 Å². The Hall–Kier alpha value is -1.67. The van der Waals surface area contributed by atoms with Crippen molar-refractivity contribution in [3.8, 4) is 0 Å². The van der Waals surface area contributed by atoms with Crippen LogP contribution in [0.1, 0.15) is 43.5 Å². The molecule has 0 saturated carbocycles. The molecule has 1 fully saturated rings. The summed E-state index contributed by atoms with van der Waals surface area (Å²) in [4.78, 5) is 31.5. The van der Waals surface area contributed by atoms with E-state index >= 15 is 0 Å². The predicted octanol–water partition coefficient (Wildman–Crippen LogP) is 1.74. The molecule has 1 aliphatic heterocycles. The van der Waals surface area contributed by atoms with Crippen molar-refractivity contribution in [3.63, 3.8) is 0 Å². The number of likely N-dealkylation sites (N-methyl/N-ethyl adjacent to an activating group) is 1. The largest absolute Gasteiger partial charge is 0.372 e. The Morgan fingerprint density at radius 2 is 2.35 bits per heavy atom. The summed E-state index contributed by atoms with van der Waals surface area (Å²) in [6, 6.07) is -0.978. The Morgan fingerprint density at radius 3 is 3.00 bits per heavy atom. The Bertz CT molecular complexity index is 563. The van der Waals surface area contributed by atoms with Gasteiger partial charge in [0.15, 0.2) is 0 Å². The van der Waals surface area contributed by atoms with E-state index < -0.39 is 12.1 Å². The molecular formula is C15H24N4O3S. The quantitative estimate of drug-likeness (QED) is 0.854. The van der Waals surface area contributed by atoms with E-state index in [9.17, 15) is 9.59 Å². The van der Waals surface area contributed by atoms with E-state index in [4.69, 9.17) is 10.5 Å². The first-order valence-electron chi connectivity index (χ1n) is 7.81. The predicted molar refractivity (Wildman–Crippen MR) is 87.9 cm³/mol. The number of primary amides is 1. The molecule has 0 bridgehead atoms. The Kier molecular flexibility index (Phi) is 5.95. The third kappa shape index (κ3) is 4.20. The summed E-state index contributed by atoms with van der Waals surface area (Å²) in [6.45, 7) is 5.51. The fraction of sp³-hybridized carbons (Fsp3) is 0.667. The average Bonchev–Trinajstić information content (AvgIpc) is 3.15. The highest BCUT2D eigenvalue weighted by atomic mass is 32.1. The molecule has 2 atom stereocenters. The van der Waals surface area contributed by atoms with Crippen LogP contribution in [0.2, 0.25) is 0 Å². The molecule has 7 nitrogen and oxygen atoms in total. The minimum Gasteiger partial charge on any atom is -0.372 e. The van der Waals surface area contributed by atoms with Crippen LogP contribution >= 0.6 is 11.3 Å². The van der Waals surface area contributed by atoms with Crippen LogP contribution in [0.25, 0.3) is 0 Å². The highest BCUT2D eigenvalue weighted by Gasteiger charge is 2.34. The number of urea groups is 1. The third-order valence-electron chi connectivity index (χ3n) is 3.93. The first kappa shape index (κ1) is 17.7. The Labute approximate surface area is 140 Å². The summed E-state index contributed by atoms with van der Waals surface area (Å²) in [5.41, 5.74) is 6.17. The van der Waals surface area contributed by atoms with Gasteiger partial charge in [0.1, 0.15) is 17.2 Å². The zero-order valence-electron chi connectivity index (χ0n) is 13.8. The lowest BCUT2D eigenvalue weighted by Crippen LogP contribution is -2.48. The molecule has 1 unspecified atom stereocenters. The van der Waals surface area contributed by atoms with Gasteiger partial charge >= 0.3 is 6.03 Å². The zero-order chi connectivity index (χ0) is 17.0. The summed E-state index contributed by atoms with van der Waals surface area (Å²) >= 11 is 1.53. The van der Waals surface area contributed by atoms with Crippen molar-refractivity contribution in [1.82, 2.24) is 14.8 Å². The molecular weight excluding hydrogens is 316 g/mol. The molecule has 1 aromatic heterocycles. The normalized spacial score (nSPS) is 18.9. The molecule has 0 spiro atoms. The van der Waals surface area contributed by atoms with Crippen LogP contribution < -0.4 is 5.73 Å². The molecule has 0 aromatic carbocycles. The fourth-order valence-corrected chi connectivity index (χ4v) is 3.58. The van der Waals surface area contributed by atoms with Crippen molar-refractivity contribution in [3.05, 3.63) is 16.1 Å². The number of carbonyl (C=O) groups is 2. The second kappa shape index (κ2) is 7.74. The fourth-order valence-electron chi connectivity index (χ4n) is 2.77. The van der Waals surface area contributed by atoms with Gasteiger partial charge in [-0.3, -0.25) is 4.79 Å². The molecule has 1 aliphatic rings. The van der Waals surface area contributed by atoms with Crippen molar-refractivity contribution >= 4 is 23.3 Å². The zero-order valence-corrected chi connectivity index (χ0v) is 14.6. The lowest BCUT2D eigenvalue weighted by atomic mass is 10.2. The lowest BCUT2D eigenvalue weighted by molar-refractivity contribution is -0.134. The molecule has 2 N–H and O–H groups in total. The van der Waals surface area contributed by atoms with Crippen LogP contribution in [0.4, 0.5) is 4.79 Å². The van der Waals surface area contributed by atoms with Gasteiger partial charge in [0.2, 0.25) is 5.91 Å². The highest BCUT2D eigenvalue weighted by molar-refractivity contribution is 7.09. The molecule has 1 aromatic rings. The van der Waals surface area contributed by atoms with Crippen molar-refractivity contribution in [2.75, 3.05) is 20.2 Å². The van der Waals surface area contributed by atoms with Crippen molar-refractivity contribution in [2.45, 2.75) is 45.4 Å². The number of nitrogens with two attached hydrogens (primary N) is 1. The number of ether oxygens (including phenoxy) is 1. The number of aromatic nitrogens is 1. The maximum Gasteiger partial charge on any atom is 0.315 e. The summed E-state index contributed by atoms with van der Waals surface area (Å²) in [5, 5.41) is 2.84. The van der Waals surface area contributed by atoms with E-state index in [1.54, 1.807) is 11.9 Å². The molecule has 2 rings (SSSR count). The molecule has 1 saturated heterocycles. The topological polar surface area (TPSA) is 88.8 Å². The number of rotatable bonds is 6. The van der Waals surface area contributed by atoms with Gasteiger partial charge in [-0.15, -0.1) is 11.3 Å². The average molecular weight is 340 g/mol. The van der Waals surface area contributed by atoms with Crippen LogP contribution in [-0.2, 0) is 16.1 Å². The second-order valence-electron chi connectivity index (χ2n) is 5.66. The summed E-state index contributed by atoms with van der Waals surface area (Å²) in [6.07, 6.45) is 1.43. The van der Waals surface area contributed by atoms with Crippen LogP contribution in [0.3, 0.4) is 0 Å². The third-order valence-corrected chi connectivity index (χ3v) is 4.98. The highest BCUT2D eigenvalue weighted by Crippen LogP contribution is 2.23. The van der Waals surface area contributed by atoms with Gasteiger partial charge in [0.05, 0.1) is 12.2 Å². The van der Waals surface area contributed by atoms with Crippen LogP contribution in [0, 0.1) is 0 Å². The molecule has 128 valence electrons. The second-order valence-corrected chi connectivity index (χ2v) is 6.55. The SMILES string of the molecule is CCOC(C)c1nc(CN(C)C(=O)[C@@H]2CCCN2C(N)=O)cs1. The number of carbonyl (C=O) groups excluding carboxylic acids is 2. The number of thiazole rings is 1. The number of amides is 3.